The van der Waals surface area contributed by atoms with Crippen LogP contribution in [0.5, 0.6) is 0 Å². The van der Waals surface area contributed by atoms with E-state index >= 15 is 0 Å². The molecule has 64 heavy (non-hydrogen) atoms. The zero-order valence-electron chi connectivity index (χ0n) is 37.7. The summed E-state index contributed by atoms with van der Waals surface area (Å²) in [5.74, 6) is -3.48. The van der Waals surface area contributed by atoms with Crippen LogP contribution in [0, 0.1) is 26.6 Å². The Hall–Kier alpha value is -5.70. The van der Waals surface area contributed by atoms with Crippen molar-refractivity contribution >= 4 is 23.5 Å². The van der Waals surface area contributed by atoms with E-state index in [1.165, 1.54) is 40.9 Å². The highest BCUT2D eigenvalue weighted by Crippen LogP contribution is 2.37. The van der Waals surface area contributed by atoms with Crippen LogP contribution in [0.3, 0.4) is 0 Å². The second-order valence-corrected chi connectivity index (χ2v) is 16.1. The van der Waals surface area contributed by atoms with E-state index in [1.54, 1.807) is 51.7 Å². The van der Waals surface area contributed by atoms with Gasteiger partial charge < -0.3 is 33.8 Å². The number of fused-ring (bicyclic) bond motifs is 2. The van der Waals surface area contributed by atoms with Crippen molar-refractivity contribution in [2.24, 2.45) is 42.3 Å². The maximum Gasteiger partial charge on any atom is 0.414 e. The van der Waals surface area contributed by atoms with Gasteiger partial charge in [-0.25, -0.2) is 28.4 Å². The standard InChI is InChI=1S/C23H30FN3O3.C9H13ClN2O2.C9H14N2O3.C2H2O4/c1-15-20(22(28)26(3)23(29)25(15)2)10-11-27-17-8-9-18(27)13-19(12-17)30-14-16-6-4-5-7-21(16)24;1-6-7(4-5-10)8(13)12(3)9(14)11(6)2;1-6-7(4-5-12)8(13)11(3)9(14)10(6)2;3-1(4)2(5)6/h4-7,17-19H,8-14H2,1-3H3;4-5H2,1-3H3;12H,4-5H2,1-3H3;(H,3,4)(H,5,6). The van der Waals surface area contributed by atoms with Crippen LogP contribution in [0.15, 0.2) is 53.0 Å². The van der Waals surface area contributed by atoms with E-state index in [0.29, 0.717) is 65.5 Å². The molecule has 0 aliphatic carbocycles. The fraction of sp³-hybridized carbons (Fsp3) is 0.535. The second kappa shape index (κ2) is 23.3. The lowest BCUT2D eigenvalue weighted by atomic mass is 9.98. The number of carbonyl (C=O) groups is 2. The number of aliphatic hydroxyl groups is 1. The summed E-state index contributed by atoms with van der Waals surface area (Å²) in [5, 5.41) is 23.6. The molecule has 2 bridgehead atoms. The van der Waals surface area contributed by atoms with Crippen molar-refractivity contribution in [1.29, 1.82) is 0 Å². The highest BCUT2D eigenvalue weighted by Gasteiger charge is 2.41. The molecule has 2 fully saturated rings. The number of nitrogens with zero attached hydrogens (tertiary/aromatic N) is 7. The van der Waals surface area contributed by atoms with Crippen molar-refractivity contribution in [3.8, 4) is 0 Å². The van der Waals surface area contributed by atoms with Gasteiger partial charge in [-0.15, -0.1) is 11.6 Å². The van der Waals surface area contributed by atoms with Crippen LogP contribution < -0.4 is 33.7 Å². The summed E-state index contributed by atoms with van der Waals surface area (Å²) in [6.07, 6.45) is 5.71. The Bertz CT molecular complexity index is 2590. The van der Waals surface area contributed by atoms with Gasteiger partial charge in [0.05, 0.1) is 12.7 Å². The van der Waals surface area contributed by atoms with Crippen molar-refractivity contribution in [1.82, 2.24) is 32.3 Å². The first-order chi connectivity index (χ1) is 30.0. The Balaban J connectivity index is 0.000000267. The first kappa shape index (κ1) is 52.6. The van der Waals surface area contributed by atoms with Gasteiger partial charge in [-0.3, -0.25) is 33.0 Å². The molecule has 2 saturated heterocycles. The number of aromatic nitrogens is 6. The molecule has 2 atom stereocenters. The molecule has 2 aliphatic heterocycles. The third-order valence-corrected chi connectivity index (χ3v) is 12.2. The van der Waals surface area contributed by atoms with Gasteiger partial charge in [-0.05, 0) is 65.4 Å². The first-order valence-electron chi connectivity index (χ1n) is 20.5. The van der Waals surface area contributed by atoms with Gasteiger partial charge in [0.25, 0.3) is 16.7 Å². The molecular formula is C43H59ClFN7O12. The van der Waals surface area contributed by atoms with Crippen LogP contribution in [-0.4, -0.2) is 96.8 Å². The summed E-state index contributed by atoms with van der Waals surface area (Å²) in [7, 11) is 9.41. The molecule has 2 unspecified atom stereocenters. The number of ether oxygens (including phenoxy) is 1. The fourth-order valence-electron chi connectivity index (χ4n) is 7.90. The summed E-state index contributed by atoms with van der Waals surface area (Å²) in [4.78, 5) is 91.5. The van der Waals surface area contributed by atoms with Crippen molar-refractivity contribution in [3.05, 3.63) is 132 Å². The van der Waals surface area contributed by atoms with E-state index in [0.717, 1.165) is 52.6 Å². The summed E-state index contributed by atoms with van der Waals surface area (Å²) in [6.45, 7) is 6.33. The molecule has 3 N–H and O–H groups in total. The molecule has 0 radical (unpaired) electrons. The zero-order chi connectivity index (χ0) is 48.3. The van der Waals surface area contributed by atoms with E-state index in [-0.39, 0.29) is 58.7 Å². The molecule has 6 rings (SSSR count). The van der Waals surface area contributed by atoms with Crippen molar-refractivity contribution in [3.63, 3.8) is 0 Å². The van der Waals surface area contributed by atoms with E-state index in [2.05, 4.69) is 4.90 Å². The van der Waals surface area contributed by atoms with Gasteiger partial charge in [0, 0.05) is 119 Å². The summed E-state index contributed by atoms with van der Waals surface area (Å²) >= 11 is 5.59. The Labute approximate surface area is 372 Å². The van der Waals surface area contributed by atoms with Crippen LogP contribution in [0.1, 0.15) is 65.0 Å². The predicted octanol–water partition coefficient (Wildman–Crippen LogP) is 0.543. The number of piperidine rings is 1. The minimum Gasteiger partial charge on any atom is -0.473 e. The minimum absolute atomic E-state index is 0.0890. The first-order valence-corrected chi connectivity index (χ1v) is 21.1. The fourth-order valence-corrected chi connectivity index (χ4v) is 8.09. The van der Waals surface area contributed by atoms with Gasteiger partial charge in [-0.2, -0.15) is 0 Å². The number of rotatable bonds is 10. The summed E-state index contributed by atoms with van der Waals surface area (Å²) in [5.41, 5.74) is 2.82. The van der Waals surface area contributed by atoms with E-state index in [4.69, 9.17) is 41.2 Å². The molecule has 5 heterocycles. The van der Waals surface area contributed by atoms with E-state index < -0.39 is 11.9 Å². The molecule has 0 amide bonds. The normalized spacial score (nSPS) is 16.5. The molecule has 352 valence electrons. The molecule has 3 aromatic heterocycles. The van der Waals surface area contributed by atoms with Crippen LogP contribution >= 0.6 is 11.6 Å². The number of alkyl halides is 1. The van der Waals surface area contributed by atoms with Gasteiger partial charge in [0.15, 0.2) is 0 Å². The molecule has 1 aromatic carbocycles. The Morgan fingerprint density at radius 3 is 1.42 bits per heavy atom. The molecular weight excluding hydrogens is 861 g/mol. The molecule has 0 saturated carbocycles. The van der Waals surface area contributed by atoms with E-state index in [9.17, 15) is 33.2 Å². The van der Waals surface area contributed by atoms with Crippen LogP contribution in [0.2, 0.25) is 0 Å². The van der Waals surface area contributed by atoms with Crippen molar-refractivity contribution in [2.75, 3.05) is 19.0 Å². The molecule has 2 aliphatic rings. The third kappa shape index (κ3) is 12.3. The topological polar surface area (TPSA) is 239 Å². The number of benzene rings is 1. The van der Waals surface area contributed by atoms with Crippen molar-refractivity contribution < 1.29 is 34.0 Å². The molecule has 0 spiro atoms. The number of carboxylic acid groups (broad SMARTS) is 2. The second-order valence-electron chi connectivity index (χ2n) is 15.7. The van der Waals surface area contributed by atoms with Crippen LogP contribution in [-0.2, 0) is 82.5 Å². The molecule has 21 heteroatoms. The van der Waals surface area contributed by atoms with Gasteiger partial charge >= 0.3 is 29.0 Å². The number of carboxylic acids is 2. The summed E-state index contributed by atoms with van der Waals surface area (Å²) in [6, 6.07) is 7.64. The maximum atomic E-state index is 13.8. The van der Waals surface area contributed by atoms with Crippen molar-refractivity contribution in [2.45, 2.75) is 90.5 Å². The maximum absolute atomic E-state index is 13.8. The van der Waals surface area contributed by atoms with Crippen LogP contribution in [0.25, 0.3) is 0 Å². The monoisotopic (exact) mass is 919 g/mol. The van der Waals surface area contributed by atoms with Crippen LogP contribution in [0.4, 0.5) is 4.39 Å². The zero-order valence-corrected chi connectivity index (χ0v) is 38.5. The minimum atomic E-state index is -1.82. The summed E-state index contributed by atoms with van der Waals surface area (Å²) < 4.78 is 27.7. The average Bonchev–Trinajstić information content (AvgIpc) is 3.51. The SMILES string of the molecule is Cc1c(CCCl)c(=O)n(C)c(=O)n1C.Cc1c(CCN2C3CCC2CC(OCc2ccccc2F)C3)c(=O)n(C)c(=O)n1C.Cc1c(CCO)c(=O)n(C)c(=O)n1C.O=C(O)C(=O)O. The Kier molecular flexibility index (Phi) is 19.2. The highest BCUT2D eigenvalue weighted by molar-refractivity contribution is 6.27. The highest BCUT2D eigenvalue weighted by atomic mass is 35.5. The third-order valence-electron chi connectivity index (χ3n) is 12.0. The smallest absolute Gasteiger partial charge is 0.414 e. The lowest BCUT2D eigenvalue weighted by molar-refractivity contribution is -0.159. The lowest BCUT2D eigenvalue weighted by Crippen LogP contribution is -2.47. The quantitative estimate of drug-likeness (QED) is 0.146. The predicted molar refractivity (Wildman–Crippen MR) is 237 cm³/mol. The number of hydrogen-bond donors (Lipinski definition) is 3. The Morgan fingerprint density at radius 2 is 1.05 bits per heavy atom. The molecule has 4 aromatic rings. The average molecular weight is 920 g/mol. The van der Waals surface area contributed by atoms with Gasteiger partial charge in [-0.1, -0.05) is 18.2 Å². The van der Waals surface area contributed by atoms with Gasteiger partial charge in [0.2, 0.25) is 0 Å². The Morgan fingerprint density at radius 1 is 0.656 bits per heavy atom. The molecule has 19 nitrogen and oxygen atoms in total. The largest absolute Gasteiger partial charge is 0.473 e. The number of aliphatic hydroxyl groups excluding tert-OH is 1. The number of hydrogen-bond acceptors (Lipinski definition) is 11. The van der Waals surface area contributed by atoms with E-state index in [1.807, 2.05) is 13.0 Å². The number of halogens is 2. The van der Waals surface area contributed by atoms with Gasteiger partial charge in [0.1, 0.15) is 5.82 Å². The number of aliphatic carboxylic acids is 2. The lowest BCUT2D eigenvalue weighted by Gasteiger charge is -2.39.